The van der Waals surface area contributed by atoms with E-state index in [4.69, 9.17) is 9.84 Å². The van der Waals surface area contributed by atoms with Gasteiger partial charge in [-0.05, 0) is 15.9 Å². The molecule has 114 valence electrons. The van der Waals surface area contributed by atoms with Gasteiger partial charge in [-0.2, -0.15) is 0 Å². The minimum Gasteiger partial charge on any atom is -0.505 e. The molecule has 0 saturated carbocycles. The van der Waals surface area contributed by atoms with Crippen molar-refractivity contribution in [3.63, 3.8) is 0 Å². The van der Waals surface area contributed by atoms with Crippen molar-refractivity contribution in [2.24, 2.45) is 0 Å². The van der Waals surface area contributed by atoms with Crippen LogP contribution in [0.2, 0.25) is 0 Å². The van der Waals surface area contributed by atoms with Crippen LogP contribution in [0, 0.1) is 0 Å². The van der Waals surface area contributed by atoms with Crippen LogP contribution in [0.15, 0.2) is 60.6 Å². The normalized spacial score (nSPS) is 8.64. The van der Waals surface area contributed by atoms with Crippen LogP contribution in [0.3, 0.4) is 0 Å². The average molecular weight is 365 g/mol. The molecule has 0 aliphatic heterocycles. The highest BCUT2D eigenvalue weighted by Crippen LogP contribution is 2.01. The van der Waals surface area contributed by atoms with E-state index in [2.05, 4.69) is 45.8 Å². The summed E-state index contributed by atoms with van der Waals surface area (Å²) in [6, 6.07) is 0. The predicted octanol–water partition coefficient (Wildman–Crippen LogP) is 1.91. The lowest BCUT2D eigenvalue weighted by Gasteiger charge is -1.92. The van der Waals surface area contributed by atoms with Gasteiger partial charge in [-0.25, -0.2) is 29.9 Å². The van der Waals surface area contributed by atoms with Crippen molar-refractivity contribution in [1.29, 1.82) is 0 Å². The zero-order valence-electron chi connectivity index (χ0n) is 11.6. The summed E-state index contributed by atoms with van der Waals surface area (Å²) in [5.41, 5.74) is 0. The maximum atomic E-state index is 8.51. The van der Waals surface area contributed by atoms with Gasteiger partial charge in [-0.3, -0.25) is 0 Å². The highest BCUT2D eigenvalue weighted by molar-refractivity contribution is 9.10. The van der Waals surface area contributed by atoms with Gasteiger partial charge in [0.05, 0.1) is 36.4 Å². The quantitative estimate of drug-likeness (QED) is 0.697. The number of aromatic nitrogens is 6. The molecule has 0 radical (unpaired) electrons. The van der Waals surface area contributed by atoms with Gasteiger partial charge in [0.25, 0.3) is 0 Å². The van der Waals surface area contributed by atoms with Crippen molar-refractivity contribution in [2.75, 3.05) is 7.11 Å². The Morgan fingerprint density at radius 3 is 1.41 bits per heavy atom. The summed E-state index contributed by atoms with van der Waals surface area (Å²) in [6.45, 7) is 0. The Hall–Kier alpha value is -2.68. The molecule has 3 aromatic heterocycles. The number of aromatic hydroxyl groups is 1. The van der Waals surface area contributed by atoms with E-state index >= 15 is 0 Å². The van der Waals surface area contributed by atoms with Gasteiger partial charge in [-0.15, -0.1) is 0 Å². The van der Waals surface area contributed by atoms with E-state index in [1.54, 1.807) is 31.9 Å². The van der Waals surface area contributed by atoms with E-state index in [9.17, 15) is 0 Å². The van der Waals surface area contributed by atoms with E-state index in [1.807, 2.05) is 0 Å². The molecule has 9 heteroatoms. The molecule has 0 bridgehead atoms. The fourth-order valence-electron chi connectivity index (χ4n) is 0.963. The minimum absolute atomic E-state index is 0.0995. The number of hydrogen-bond acceptors (Lipinski definition) is 8. The van der Waals surface area contributed by atoms with Gasteiger partial charge in [0, 0.05) is 12.4 Å². The Kier molecular flexibility index (Phi) is 8.71. The maximum Gasteiger partial charge on any atom is 0.155 e. The van der Waals surface area contributed by atoms with E-state index in [1.165, 1.54) is 31.4 Å². The van der Waals surface area contributed by atoms with E-state index in [-0.39, 0.29) is 5.75 Å². The topological polar surface area (TPSA) is 107 Å². The number of rotatable bonds is 1. The van der Waals surface area contributed by atoms with Crippen molar-refractivity contribution in [2.45, 2.75) is 0 Å². The SMILES string of the molecule is Brc1cncnc1.COc1cncnc1.Oc1cncnc1. The molecule has 3 rings (SSSR count). The number of halogens is 1. The van der Waals surface area contributed by atoms with Crippen molar-refractivity contribution >= 4 is 15.9 Å². The number of ether oxygens (including phenoxy) is 1. The summed E-state index contributed by atoms with van der Waals surface area (Å²) in [5.74, 6) is 0.787. The summed E-state index contributed by atoms with van der Waals surface area (Å²) in [6.07, 6.45) is 13.5. The molecule has 0 saturated heterocycles. The molecular weight excluding hydrogens is 352 g/mol. The lowest BCUT2D eigenvalue weighted by molar-refractivity contribution is 0.410. The largest absolute Gasteiger partial charge is 0.505 e. The van der Waals surface area contributed by atoms with Crippen LogP contribution in [0.25, 0.3) is 0 Å². The number of nitrogens with zero attached hydrogens (tertiary/aromatic N) is 6. The molecule has 0 aliphatic carbocycles. The van der Waals surface area contributed by atoms with Crippen LogP contribution in [0.5, 0.6) is 11.5 Å². The third-order valence-electron chi connectivity index (χ3n) is 1.85. The van der Waals surface area contributed by atoms with Gasteiger partial charge in [0.15, 0.2) is 11.5 Å². The van der Waals surface area contributed by atoms with Gasteiger partial charge in [0.1, 0.15) is 19.0 Å². The van der Waals surface area contributed by atoms with Crippen LogP contribution in [0.4, 0.5) is 0 Å². The van der Waals surface area contributed by atoms with Crippen molar-refractivity contribution in [3.8, 4) is 11.5 Å². The second kappa shape index (κ2) is 11.0. The summed E-state index contributed by atoms with van der Waals surface area (Å²) >= 11 is 3.19. The van der Waals surface area contributed by atoms with Gasteiger partial charge in [-0.1, -0.05) is 0 Å². The molecule has 3 heterocycles. The van der Waals surface area contributed by atoms with Gasteiger partial charge < -0.3 is 9.84 Å². The van der Waals surface area contributed by atoms with E-state index in [0.717, 1.165) is 4.47 Å². The first-order chi connectivity index (χ1) is 10.7. The second-order valence-corrected chi connectivity index (χ2v) is 4.35. The maximum absolute atomic E-state index is 8.51. The summed E-state index contributed by atoms with van der Waals surface area (Å²) < 4.78 is 5.70. The second-order valence-electron chi connectivity index (χ2n) is 3.43. The van der Waals surface area contributed by atoms with Crippen LogP contribution in [-0.2, 0) is 0 Å². The first-order valence-electron chi connectivity index (χ1n) is 5.86. The Morgan fingerprint density at radius 2 is 1.18 bits per heavy atom. The van der Waals surface area contributed by atoms with Crippen molar-refractivity contribution in [1.82, 2.24) is 29.9 Å². The number of methoxy groups -OCH3 is 1. The predicted molar refractivity (Wildman–Crippen MR) is 82.0 cm³/mol. The minimum atomic E-state index is 0.0995. The Morgan fingerprint density at radius 1 is 0.773 bits per heavy atom. The molecule has 0 aromatic carbocycles. The molecule has 0 unspecified atom stereocenters. The summed E-state index contributed by atoms with van der Waals surface area (Å²) in [4.78, 5) is 21.9. The van der Waals surface area contributed by atoms with Gasteiger partial charge >= 0.3 is 0 Å². The lowest BCUT2D eigenvalue weighted by Crippen LogP contribution is -1.83. The highest BCUT2D eigenvalue weighted by atomic mass is 79.9. The zero-order chi connectivity index (χ0) is 16.0. The van der Waals surface area contributed by atoms with E-state index in [0.29, 0.717) is 5.75 Å². The van der Waals surface area contributed by atoms with Crippen LogP contribution >= 0.6 is 15.9 Å². The molecule has 0 fully saturated rings. The molecule has 3 aromatic rings. The third kappa shape index (κ3) is 8.48. The van der Waals surface area contributed by atoms with Crippen LogP contribution < -0.4 is 4.74 Å². The molecule has 0 spiro atoms. The molecule has 22 heavy (non-hydrogen) atoms. The monoisotopic (exact) mass is 364 g/mol. The molecule has 0 aliphatic rings. The first kappa shape index (κ1) is 17.4. The fourth-order valence-corrected chi connectivity index (χ4v) is 1.20. The van der Waals surface area contributed by atoms with Gasteiger partial charge in [0.2, 0.25) is 0 Å². The summed E-state index contributed by atoms with van der Waals surface area (Å²) in [7, 11) is 1.58. The standard InChI is InChI=1S/C5H6N2O.C4H3BrN2.C4H4N2O/c1-8-5-2-6-4-7-3-5;5-4-1-6-3-7-2-4;7-4-1-5-3-6-2-4/h2-4H,1H3;1-3H;1-3,7H. The smallest absolute Gasteiger partial charge is 0.155 e. The highest BCUT2D eigenvalue weighted by Gasteiger charge is 1.82. The van der Waals surface area contributed by atoms with E-state index < -0.39 is 0 Å². The Labute approximate surface area is 135 Å². The summed E-state index contributed by atoms with van der Waals surface area (Å²) in [5, 5.41) is 8.51. The molecule has 0 amide bonds. The Balaban J connectivity index is 0.000000166. The molecule has 1 N–H and O–H groups in total. The number of hydrogen-bond donors (Lipinski definition) is 1. The van der Waals surface area contributed by atoms with Crippen molar-refractivity contribution in [3.05, 3.63) is 60.6 Å². The molecular formula is C13H13BrN6O2. The first-order valence-corrected chi connectivity index (χ1v) is 6.65. The fraction of sp³-hybridized carbons (Fsp3) is 0.0769. The zero-order valence-corrected chi connectivity index (χ0v) is 13.2. The third-order valence-corrected chi connectivity index (χ3v) is 2.26. The molecule has 0 atom stereocenters. The Bertz CT molecular complexity index is 578. The lowest BCUT2D eigenvalue weighted by atomic mass is 10.6. The van der Waals surface area contributed by atoms with Crippen LogP contribution in [0.1, 0.15) is 0 Å². The molecule has 8 nitrogen and oxygen atoms in total. The van der Waals surface area contributed by atoms with Crippen LogP contribution in [-0.4, -0.2) is 42.1 Å². The average Bonchev–Trinajstić information content (AvgIpc) is 2.58. The van der Waals surface area contributed by atoms with Crippen molar-refractivity contribution < 1.29 is 9.84 Å².